The van der Waals surface area contributed by atoms with Gasteiger partial charge in [-0.15, -0.1) is 0 Å². The number of aryl methyl sites for hydroxylation is 1. The molecule has 140 valence electrons. The van der Waals surface area contributed by atoms with Crippen LogP contribution in [0.5, 0.6) is 11.5 Å². The zero-order chi connectivity index (χ0) is 18.4. The van der Waals surface area contributed by atoms with Crippen LogP contribution in [0.4, 0.5) is 0 Å². The summed E-state index contributed by atoms with van der Waals surface area (Å²) in [6, 6.07) is 8.13. The zero-order valence-electron chi connectivity index (χ0n) is 15.7. The van der Waals surface area contributed by atoms with E-state index < -0.39 is 0 Å². The molecule has 3 rings (SSSR count). The Labute approximate surface area is 155 Å². The first kappa shape index (κ1) is 18.4. The molecule has 5 heteroatoms. The summed E-state index contributed by atoms with van der Waals surface area (Å²) in [5, 5.41) is 0. The van der Waals surface area contributed by atoms with E-state index in [-0.39, 0.29) is 5.91 Å². The fourth-order valence-electron chi connectivity index (χ4n) is 3.52. The number of unbranched alkanes of at least 4 members (excludes halogenated alkanes) is 2. The normalized spacial score (nSPS) is 13.4. The molecule has 0 fully saturated rings. The van der Waals surface area contributed by atoms with Crippen molar-refractivity contribution in [3.63, 3.8) is 0 Å². The minimum Gasteiger partial charge on any atom is -0.493 e. The Morgan fingerprint density at radius 1 is 1.00 bits per heavy atom. The average Bonchev–Trinajstić information content (AvgIpc) is 3.19. The molecule has 1 aliphatic rings. The quantitative estimate of drug-likeness (QED) is 0.678. The van der Waals surface area contributed by atoms with Gasteiger partial charge in [-0.1, -0.05) is 6.42 Å². The number of aromatic nitrogens is 1. The van der Waals surface area contributed by atoms with E-state index in [1.54, 1.807) is 14.2 Å². The van der Waals surface area contributed by atoms with Gasteiger partial charge in [-0.25, -0.2) is 0 Å². The molecule has 1 amide bonds. The molecule has 0 unspecified atom stereocenters. The van der Waals surface area contributed by atoms with E-state index in [0.29, 0.717) is 13.0 Å². The lowest BCUT2D eigenvalue weighted by molar-refractivity contribution is -0.132. The van der Waals surface area contributed by atoms with E-state index in [1.807, 2.05) is 29.2 Å². The third kappa shape index (κ3) is 4.40. The third-order valence-electron chi connectivity index (χ3n) is 5.04. The van der Waals surface area contributed by atoms with Gasteiger partial charge in [-0.2, -0.15) is 0 Å². The Morgan fingerprint density at radius 2 is 1.69 bits per heavy atom. The molecule has 0 spiro atoms. The summed E-state index contributed by atoms with van der Waals surface area (Å²) in [6.07, 6.45) is 8.82. The molecule has 0 radical (unpaired) electrons. The lowest BCUT2D eigenvalue weighted by Gasteiger charge is -2.29. The summed E-state index contributed by atoms with van der Waals surface area (Å²) < 4.78 is 12.9. The van der Waals surface area contributed by atoms with Crippen molar-refractivity contribution in [2.75, 3.05) is 20.8 Å². The number of hydrogen-bond acceptors (Lipinski definition) is 3. The van der Waals surface area contributed by atoms with Gasteiger partial charge in [0.15, 0.2) is 11.5 Å². The number of benzene rings is 1. The van der Waals surface area contributed by atoms with Crippen LogP contribution in [0.1, 0.15) is 36.8 Å². The van der Waals surface area contributed by atoms with Gasteiger partial charge in [-0.3, -0.25) is 4.79 Å². The van der Waals surface area contributed by atoms with E-state index >= 15 is 0 Å². The minimum atomic E-state index is 0.256. The van der Waals surface area contributed by atoms with Crippen molar-refractivity contribution in [3.8, 4) is 11.5 Å². The van der Waals surface area contributed by atoms with Gasteiger partial charge >= 0.3 is 0 Å². The number of carbonyl (C=O) groups excluding carboxylic acids is 1. The van der Waals surface area contributed by atoms with Crippen molar-refractivity contribution in [1.82, 2.24) is 9.47 Å². The molecule has 5 nitrogen and oxygen atoms in total. The van der Waals surface area contributed by atoms with Gasteiger partial charge in [0, 0.05) is 38.4 Å². The molecule has 1 aromatic carbocycles. The Hall–Kier alpha value is -2.43. The first-order valence-corrected chi connectivity index (χ1v) is 9.33. The number of hydrogen-bond donors (Lipinski definition) is 0. The van der Waals surface area contributed by atoms with Crippen LogP contribution in [0.2, 0.25) is 0 Å². The number of ether oxygens (including phenoxy) is 2. The summed E-state index contributed by atoms with van der Waals surface area (Å²) >= 11 is 0. The molecule has 26 heavy (non-hydrogen) atoms. The van der Waals surface area contributed by atoms with E-state index in [4.69, 9.17) is 9.47 Å². The van der Waals surface area contributed by atoms with Crippen molar-refractivity contribution in [2.45, 2.75) is 45.2 Å². The molecule has 2 aromatic rings. The van der Waals surface area contributed by atoms with Gasteiger partial charge in [0.05, 0.1) is 14.2 Å². The van der Waals surface area contributed by atoms with Crippen LogP contribution in [-0.4, -0.2) is 36.1 Å². The molecule has 0 bridgehead atoms. The van der Waals surface area contributed by atoms with Crippen molar-refractivity contribution in [1.29, 1.82) is 0 Å². The fraction of sp³-hybridized carbons (Fsp3) is 0.476. The summed E-state index contributed by atoms with van der Waals surface area (Å²) in [4.78, 5) is 14.5. The number of amides is 1. The minimum absolute atomic E-state index is 0.256. The van der Waals surface area contributed by atoms with Crippen LogP contribution in [-0.2, 0) is 24.3 Å². The summed E-state index contributed by atoms with van der Waals surface area (Å²) in [6.45, 7) is 2.47. The van der Waals surface area contributed by atoms with Crippen molar-refractivity contribution in [3.05, 3.63) is 47.8 Å². The number of nitrogens with zero attached hydrogens (tertiary/aromatic N) is 2. The molecule has 0 saturated carbocycles. The van der Waals surface area contributed by atoms with Crippen LogP contribution in [0.25, 0.3) is 0 Å². The van der Waals surface area contributed by atoms with E-state index in [9.17, 15) is 4.79 Å². The number of rotatable bonds is 8. The number of methoxy groups -OCH3 is 2. The smallest absolute Gasteiger partial charge is 0.222 e. The Bertz CT molecular complexity index is 725. The van der Waals surface area contributed by atoms with Crippen molar-refractivity contribution in [2.24, 2.45) is 0 Å². The van der Waals surface area contributed by atoms with E-state index in [0.717, 1.165) is 55.8 Å². The molecule has 0 saturated heterocycles. The van der Waals surface area contributed by atoms with Crippen LogP contribution in [0.3, 0.4) is 0 Å². The molecular weight excluding hydrogens is 328 g/mol. The van der Waals surface area contributed by atoms with Crippen LogP contribution in [0, 0.1) is 0 Å². The van der Waals surface area contributed by atoms with Crippen molar-refractivity contribution < 1.29 is 14.3 Å². The highest BCUT2D eigenvalue weighted by Crippen LogP contribution is 2.33. The molecule has 0 N–H and O–H groups in total. The van der Waals surface area contributed by atoms with Gasteiger partial charge in [0.25, 0.3) is 0 Å². The highest BCUT2D eigenvalue weighted by Gasteiger charge is 2.22. The summed E-state index contributed by atoms with van der Waals surface area (Å²) in [5.74, 6) is 1.74. The second-order valence-electron chi connectivity index (χ2n) is 6.77. The van der Waals surface area contributed by atoms with Crippen LogP contribution < -0.4 is 9.47 Å². The van der Waals surface area contributed by atoms with Gasteiger partial charge < -0.3 is 18.9 Å². The maximum absolute atomic E-state index is 12.5. The fourth-order valence-corrected chi connectivity index (χ4v) is 3.52. The predicted molar refractivity (Wildman–Crippen MR) is 102 cm³/mol. The Morgan fingerprint density at radius 3 is 2.38 bits per heavy atom. The van der Waals surface area contributed by atoms with Gasteiger partial charge in [0.2, 0.25) is 5.91 Å². The lowest BCUT2D eigenvalue weighted by atomic mass is 9.98. The molecule has 1 aromatic heterocycles. The standard InChI is InChI=1S/C21H28N2O3/c1-25-19-14-17-9-13-23(16-18(17)15-20(19)26-2)21(24)8-4-3-5-10-22-11-6-7-12-22/h6-7,11-12,14-15H,3-5,8-10,13,16H2,1-2H3. The van der Waals surface area contributed by atoms with Crippen molar-refractivity contribution >= 4 is 5.91 Å². The largest absolute Gasteiger partial charge is 0.493 e. The molecule has 0 atom stereocenters. The van der Waals surface area contributed by atoms with Gasteiger partial charge in [-0.05, 0) is 54.7 Å². The SMILES string of the molecule is COc1cc2c(cc1OC)CN(C(=O)CCCCCn1cccc1)CC2. The highest BCUT2D eigenvalue weighted by molar-refractivity contribution is 5.76. The summed E-state index contributed by atoms with van der Waals surface area (Å²) in [7, 11) is 3.29. The second kappa shape index (κ2) is 8.79. The van der Waals surface area contributed by atoms with E-state index in [1.165, 1.54) is 5.56 Å². The molecule has 1 aliphatic heterocycles. The van der Waals surface area contributed by atoms with Crippen LogP contribution in [0.15, 0.2) is 36.7 Å². The molecular formula is C21H28N2O3. The lowest BCUT2D eigenvalue weighted by Crippen LogP contribution is -2.35. The van der Waals surface area contributed by atoms with Gasteiger partial charge in [0.1, 0.15) is 0 Å². The first-order valence-electron chi connectivity index (χ1n) is 9.33. The topological polar surface area (TPSA) is 43.7 Å². The average molecular weight is 356 g/mol. The zero-order valence-corrected chi connectivity index (χ0v) is 15.7. The predicted octanol–water partition coefficient (Wildman–Crippen LogP) is 3.65. The third-order valence-corrected chi connectivity index (χ3v) is 5.04. The van der Waals surface area contributed by atoms with Crippen LogP contribution >= 0.6 is 0 Å². The maximum atomic E-state index is 12.5. The number of fused-ring (bicyclic) bond motifs is 1. The summed E-state index contributed by atoms with van der Waals surface area (Å²) in [5.41, 5.74) is 2.41. The van der Waals surface area contributed by atoms with E-state index in [2.05, 4.69) is 17.0 Å². The highest BCUT2D eigenvalue weighted by atomic mass is 16.5. The molecule has 2 heterocycles. The monoisotopic (exact) mass is 356 g/mol. The second-order valence-corrected chi connectivity index (χ2v) is 6.77. The maximum Gasteiger partial charge on any atom is 0.222 e. The molecule has 0 aliphatic carbocycles. The number of carbonyl (C=O) groups is 1. The Balaban J connectivity index is 1.47. The first-order chi connectivity index (χ1) is 12.7. The Kier molecular flexibility index (Phi) is 6.21.